The molecule has 88 valence electrons. The fourth-order valence-electron chi connectivity index (χ4n) is 2.06. The summed E-state index contributed by atoms with van der Waals surface area (Å²) in [6.07, 6.45) is 0. The maximum absolute atomic E-state index is 9.73. The van der Waals surface area contributed by atoms with Crippen molar-refractivity contribution in [2.45, 2.75) is 13.8 Å². The zero-order valence-electron chi connectivity index (χ0n) is 9.73. The van der Waals surface area contributed by atoms with Crippen LogP contribution in [0.3, 0.4) is 0 Å². The first-order chi connectivity index (χ1) is 8.00. The van der Waals surface area contributed by atoms with Crippen molar-refractivity contribution in [3.63, 3.8) is 0 Å². The summed E-state index contributed by atoms with van der Waals surface area (Å²) in [4.78, 5) is 0. The molecule has 0 spiro atoms. The Balaban J connectivity index is 2.72. The van der Waals surface area contributed by atoms with Crippen LogP contribution in [0.2, 0.25) is 0 Å². The molecule has 2 aromatic rings. The predicted octanol–water partition coefficient (Wildman–Crippen LogP) is 3.09. The monoisotopic (exact) mass is 230 g/mol. The first kappa shape index (κ1) is 11.3. The number of hydrogen-bond acceptors (Lipinski definition) is 3. The summed E-state index contributed by atoms with van der Waals surface area (Å²) in [5, 5.41) is 28.7. The Morgan fingerprint density at radius 1 is 0.941 bits per heavy atom. The molecule has 0 aromatic heterocycles. The van der Waals surface area contributed by atoms with E-state index in [1.54, 1.807) is 25.1 Å². The number of aromatic hydroxyl groups is 3. The molecule has 3 nitrogen and oxygen atoms in total. The normalized spacial score (nSPS) is 10.5. The summed E-state index contributed by atoms with van der Waals surface area (Å²) in [6.45, 7) is 3.59. The van der Waals surface area contributed by atoms with Gasteiger partial charge in [0.05, 0.1) is 0 Å². The third-order valence-electron chi connectivity index (χ3n) is 2.86. The second-order valence-corrected chi connectivity index (χ2v) is 4.11. The van der Waals surface area contributed by atoms with E-state index in [1.807, 2.05) is 13.0 Å². The van der Waals surface area contributed by atoms with Crippen LogP contribution in [0.25, 0.3) is 11.1 Å². The number of phenols is 3. The minimum Gasteiger partial charge on any atom is -0.508 e. The van der Waals surface area contributed by atoms with Gasteiger partial charge in [0.1, 0.15) is 5.75 Å². The number of rotatable bonds is 1. The Morgan fingerprint density at radius 3 is 2.29 bits per heavy atom. The van der Waals surface area contributed by atoms with Crippen LogP contribution in [0, 0.1) is 13.8 Å². The molecule has 0 heterocycles. The molecular formula is C14H14O3. The molecule has 2 rings (SSSR count). The molecule has 17 heavy (non-hydrogen) atoms. The molecule has 0 aliphatic heterocycles. The average Bonchev–Trinajstić information content (AvgIpc) is 2.26. The smallest absolute Gasteiger partial charge is 0.161 e. The molecule has 3 N–H and O–H groups in total. The van der Waals surface area contributed by atoms with Crippen molar-refractivity contribution >= 4 is 0 Å². The largest absolute Gasteiger partial charge is 0.508 e. The van der Waals surface area contributed by atoms with E-state index in [-0.39, 0.29) is 17.2 Å². The van der Waals surface area contributed by atoms with Crippen molar-refractivity contribution in [1.82, 2.24) is 0 Å². The van der Waals surface area contributed by atoms with E-state index in [0.717, 1.165) is 16.7 Å². The van der Waals surface area contributed by atoms with Crippen LogP contribution in [-0.2, 0) is 0 Å². The minimum atomic E-state index is -0.121. The SMILES string of the molecule is Cc1cc(O)c(O)c(C)c1-c1cccc(O)c1. The topological polar surface area (TPSA) is 60.7 Å². The molecule has 0 bridgehead atoms. The van der Waals surface area contributed by atoms with Gasteiger partial charge in [-0.2, -0.15) is 0 Å². The van der Waals surface area contributed by atoms with Gasteiger partial charge in [0.15, 0.2) is 11.5 Å². The van der Waals surface area contributed by atoms with E-state index in [4.69, 9.17) is 0 Å². The van der Waals surface area contributed by atoms with E-state index in [2.05, 4.69) is 0 Å². The lowest BCUT2D eigenvalue weighted by atomic mass is 9.94. The maximum Gasteiger partial charge on any atom is 0.161 e. The van der Waals surface area contributed by atoms with Gasteiger partial charge in [0.25, 0.3) is 0 Å². The number of benzene rings is 2. The molecule has 0 radical (unpaired) electrons. The molecule has 0 saturated carbocycles. The van der Waals surface area contributed by atoms with Gasteiger partial charge in [-0.3, -0.25) is 0 Å². The Hall–Kier alpha value is -2.16. The lowest BCUT2D eigenvalue weighted by Gasteiger charge is -2.13. The highest BCUT2D eigenvalue weighted by molar-refractivity contribution is 5.75. The van der Waals surface area contributed by atoms with Crippen molar-refractivity contribution in [3.8, 4) is 28.4 Å². The molecule has 2 aromatic carbocycles. The van der Waals surface area contributed by atoms with Crippen molar-refractivity contribution in [3.05, 3.63) is 41.5 Å². The first-order valence-corrected chi connectivity index (χ1v) is 5.32. The lowest BCUT2D eigenvalue weighted by Crippen LogP contribution is -1.89. The third kappa shape index (κ3) is 1.91. The van der Waals surface area contributed by atoms with E-state index >= 15 is 0 Å². The second kappa shape index (κ2) is 4.01. The van der Waals surface area contributed by atoms with Crippen molar-refractivity contribution < 1.29 is 15.3 Å². The summed E-state index contributed by atoms with van der Waals surface area (Å²) in [5.74, 6) is -0.0632. The highest BCUT2D eigenvalue weighted by Gasteiger charge is 2.13. The molecule has 0 aliphatic carbocycles. The highest BCUT2D eigenvalue weighted by atomic mass is 16.3. The molecule has 0 atom stereocenters. The number of aryl methyl sites for hydroxylation is 1. The maximum atomic E-state index is 9.73. The molecule has 0 aliphatic rings. The molecule has 0 amide bonds. The Bertz CT molecular complexity index is 574. The van der Waals surface area contributed by atoms with Gasteiger partial charge in [-0.1, -0.05) is 12.1 Å². The fraction of sp³-hybridized carbons (Fsp3) is 0.143. The van der Waals surface area contributed by atoms with Gasteiger partial charge < -0.3 is 15.3 Å². The summed E-state index contributed by atoms with van der Waals surface area (Å²) in [7, 11) is 0. The Kier molecular flexibility index (Phi) is 2.68. The Morgan fingerprint density at radius 2 is 1.65 bits per heavy atom. The van der Waals surface area contributed by atoms with Crippen LogP contribution in [0.5, 0.6) is 17.2 Å². The number of hydrogen-bond donors (Lipinski definition) is 3. The molecule has 0 fully saturated rings. The molecular weight excluding hydrogens is 216 g/mol. The number of phenolic OH excluding ortho intramolecular Hbond substituents is 3. The van der Waals surface area contributed by atoms with E-state index in [9.17, 15) is 15.3 Å². The van der Waals surface area contributed by atoms with E-state index < -0.39 is 0 Å². The van der Waals surface area contributed by atoms with E-state index in [0.29, 0.717) is 5.56 Å². The quantitative estimate of drug-likeness (QED) is 0.660. The first-order valence-electron chi connectivity index (χ1n) is 5.32. The van der Waals surface area contributed by atoms with Gasteiger partial charge in [0.2, 0.25) is 0 Å². The fourth-order valence-corrected chi connectivity index (χ4v) is 2.06. The second-order valence-electron chi connectivity index (χ2n) is 4.11. The average molecular weight is 230 g/mol. The minimum absolute atomic E-state index is 0.117. The molecule has 3 heteroatoms. The van der Waals surface area contributed by atoms with Crippen LogP contribution in [0.1, 0.15) is 11.1 Å². The van der Waals surface area contributed by atoms with Gasteiger partial charge in [0, 0.05) is 5.56 Å². The van der Waals surface area contributed by atoms with Crippen molar-refractivity contribution in [2.24, 2.45) is 0 Å². The van der Waals surface area contributed by atoms with Crippen LogP contribution in [-0.4, -0.2) is 15.3 Å². The Labute approximate surface area is 99.6 Å². The summed E-state index contributed by atoms with van der Waals surface area (Å²) < 4.78 is 0. The lowest BCUT2D eigenvalue weighted by molar-refractivity contribution is 0.401. The van der Waals surface area contributed by atoms with Crippen molar-refractivity contribution in [2.75, 3.05) is 0 Å². The van der Waals surface area contributed by atoms with Crippen LogP contribution >= 0.6 is 0 Å². The molecule has 0 saturated heterocycles. The van der Waals surface area contributed by atoms with Crippen molar-refractivity contribution in [1.29, 1.82) is 0 Å². The van der Waals surface area contributed by atoms with Gasteiger partial charge >= 0.3 is 0 Å². The standard InChI is InChI=1S/C14H14O3/c1-8-6-12(16)14(17)9(2)13(8)10-4-3-5-11(15)7-10/h3-7,15-17H,1-2H3. The van der Waals surface area contributed by atoms with Crippen LogP contribution in [0.15, 0.2) is 30.3 Å². The van der Waals surface area contributed by atoms with E-state index in [1.165, 1.54) is 6.07 Å². The van der Waals surface area contributed by atoms with Gasteiger partial charge in [-0.25, -0.2) is 0 Å². The highest BCUT2D eigenvalue weighted by Crippen LogP contribution is 2.39. The summed E-state index contributed by atoms with van der Waals surface area (Å²) in [5.41, 5.74) is 3.10. The van der Waals surface area contributed by atoms with Gasteiger partial charge in [-0.05, 0) is 48.7 Å². The summed E-state index contributed by atoms with van der Waals surface area (Å²) >= 11 is 0. The zero-order chi connectivity index (χ0) is 12.6. The van der Waals surface area contributed by atoms with Crippen LogP contribution < -0.4 is 0 Å². The van der Waals surface area contributed by atoms with Gasteiger partial charge in [-0.15, -0.1) is 0 Å². The predicted molar refractivity (Wildman–Crippen MR) is 66.3 cm³/mol. The zero-order valence-corrected chi connectivity index (χ0v) is 9.73. The van der Waals surface area contributed by atoms with Crippen LogP contribution in [0.4, 0.5) is 0 Å². The third-order valence-corrected chi connectivity index (χ3v) is 2.86. The summed E-state index contributed by atoms with van der Waals surface area (Å²) in [6, 6.07) is 8.33. The molecule has 0 unspecified atom stereocenters.